The van der Waals surface area contributed by atoms with Crippen molar-refractivity contribution in [2.24, 2.45) is 0 Å². The zero-order valence-corrected chi connectivity index (χ0v) is 4.57. The molecule has 0 aromatic heterocycles. The van der Waals surface area contributed by atoms with Crippen LogP contribution in [0.25, 0.3) is 0 Å². The molecule has 1 atom stereocenters. The molecule has 0 saturated carbocycles. The Morgan fingerprint density at radius 1 is 1.71 bits per heavy atom. The van der Waals surface area contributed by atoms with Gasteiger partial charge in [0.25, 0.3) is 0 Å². The highest BCUT2D eigenvalue weighted by molar-refractivity contribution is 4.86. The minimum Gasteiger partial charge on any atom is -0.370 e. The Labute approximate surface area is 42.5 Å². The van der Waals surface area contributed by atoms with Crippen LogP contribution >= 0.6 is 0 Å². The molecular weight excluding hydrogens is 95.1 g/mol. The van der Waals surface area contributed by atoms with E-state index in [9.17, 15) is 4.39 Å². The molecule has 1 nitrogen and oxygen atoms in total. The quantitative estimate of drug-likeness (QED) is 0.454. The normalized spacial score (nSPS) is 30.4. The van der Waals surface area contributed by atoms with Gasteiger partial charge in [-0.15, -0.1) is 0 Å². The molecule has 0 amide bonds. The third kappa shape index (κ3) is 1.13. The molecule has 0 spiro atoms. The molecule has 1 unspecified atom stereocenters. The average molecular weight is 104 g/mol. The molecular formula is C5H9FO. The van der Waals surface area contributed by atoms with E-state index in [1.165, 1.54) is 13.8 Å². The Morgan fingerprint density at radius 3 is 2.14 bits per heavy atom. The van der Waals surface area contributed by atoms with Crippen molar-refractivity contribution < 1.29 is 9.13 Å². The number of halogens is 1. The second-order valence-electron chi connectivity index (χ2n) is 2.39. The van der Waals surface area contributed by atoms with Crippen LogP contribution < -0.4 is 0 Å². The first-order valence-corrected chi connectivity index (χ1v) is 2.41. The van der Waals surface area contributed by atoms with Gasteiger partial charge in [0.05, 0.1) is 6.61 Å². The van der Waals surface area contributed by atoms with Crippen LogP contribution in [0.3, 0.4) is 0 Å². The van der Waals surface area contributed by atoms with Gasteiger partial charge >= 0.3 is 0 Å². The molecule has 0 aromatic rings. The summed E-state index contributed by atoms with van der Waals surface area (Å²) in [5.74, 6) is 0. The zero-order valence-electron chi connectivity index (χ0n) is 4.57. The van der Waals surface area contributed by atoms with Gasteiger partial charge in [0, 0.05) is 0 Å². The summed E-state index contributed by atoms with van der Waals surface area (Å²) in [6, 6.07) is 0. The molecule has 1 aliphatic rings. The van der Waals surface area contributed by atoms with Gasteiger partial charge in [-0.05, 0) is 13.8 Å². The van der Waals surface area contributed by atoms with Gasteiger partial charge in [-0.25, -0.2) is 4.39 Å². The smallest absolute Gasteiger partial charge is 0.133 e. The minimum atomic E-state index is -1.11. The third-order valence-electron chi connectivity index (χ3n) is 1.10. The van der Waals surface area contributed by atoms with Crippen LogP contribution in [0.5, 0.6) is 0 Å². The monoisotopic (exact) mass is 104 g/mol. The molecule has 0 aliphatic carbocycles. The standard InChI is InChI=1S/C5H9FO/c1-5(2,6)4-3-7-4/h4H,3H2,1-2H3. The van der Waals surface area contributed by atoms with E-state index in [1.807, 2.05) is 0 Å². The van der Waals surface area contributed by atoms with Crippen molar-refractivity contribution in [3.05, 3.63) is 0 Å². The van der Waals surface area contributed by atoms with Crippen LogP contribution in [0.15, 0.2) is 0 Å². The van der Waals surface area contributed by atoms with Gasteiger partial charge in [0.15, 0.2) is 0 Å². The first-order chi connectivity index (χ1) is 3.11. The predicted molar refractivity (Wildman–Crippen MR) is 24.9 cm³/mol. The fourth-order valence-corrected chi connectivity index (χ4v) is 0.444. The van der Waals surface area contributed by atoms with Crippen molar-refractivity contribution in [3.63, 3.8) is 0 Å². The molecule has 7 heavy (non-hydrogen) atoms. The molecule has 1 rings (SSSR count). The van der Waals surface area contributed by atoms with E-state index in [2.05, 4.69) is 0 Å². The number of alkyl halides is 1. The molecule has 42 valence electrons. The van der Waals surface area contributed by atoms with Crippen molar-refractivity contribution in [3.8, 4) is 0 Å². The summed E-state index contributed by atoms with van der Waals surface area (Å²) in [4.78, 5) is 0. The van der Waals surface area contributed by atoms with Crippen molar-refractivity contribution in [2.75, 3.05) is 6.61 Å². The van der Waals surface area contributed by atoms with Crippen LogP contribution in [-0.2, 0) is 4.74 Å². The van der Waals surface area contributed by atoms with Gasteiger partial charge in [0.1, 0.15) is 11.8 Å². The summed E-state index contributed by atoms with van der Waals surface area (Å²) >= 11 is 0. The van der Waals surface area contributed by atoms with Crippen LogP contribution in [0.2, 0.25) is 0 Å². The van der Waals surface area contributed by atoms with Gasteiger partial charge in [0.2, 0.25) is 0 Å². The lowest BCUT2D eigenvalue weighted by atomic mass is 10.1. The fourth-order valence-electron chi connectivity index (χ4n) is 0.444. The summed E-state index contributed by atoms with van der Waals surface area (Å²) in [5, 5.41) is 0. The zero-order chi connectivity index (χ0) is 5.49. The van der Waals surface area contributed by atoms with Gasteiger partial charge in [-0.1, -0.05) is 0 Å². The van der Waals surface area contributed by atoms with Gasteiger partial charge < -0.3 is 4.74 Å². The highest BCUT2D eigenvalue weighted by atomic mass is 19.1. The van der Waals surface area contributed by atoms with E-state index in [4.69, 9.17) is 4.74 Å². The van der Waals surface area contributed by atoms with E-state index in [0.29, 0.717) is 6.61 Å². The maximum atomic E-state index is 12.4. The maximum absolute atomic E-state index is 12.4. The summed E-state index contributed by atoms with van der Waals surface area (Å²) in [6.45, 7) is 3.67. The van der Waals surface area contributed by atoms with E-state index >= 15 is 0 Å². The van der Waals surface area contributed by atoms with Crippen molar-refractivity contribution in [1.29, 1.82) is 0 Å². The van der Waals surface area contributed by atoms with E-state index in [0.717, 1.165) is 0 Å². The second-order valence-corrected chi connectivity index (χ2v) is 2.39. The molecule has 0 aromatic carbocycles. The Bertz CT molecular complexity index is 70.6. The van der Waals surface area contributed by atoms with Crippen molar-refractivity contribution >= 4 is 0 Å². The molecule has 0 radical (unpaired) electrons. The topological polar surface area (TPSA) is 12.5 Å². The van der Waals surface area contributed by atoms with E-state index < -0.39 is 5.67 Å². The summed E-state index contributed by atoms with van der Waals surface area (Å²) < 4.78 is 17.1. The van der Waals surface area contributed by atoms with Gasteiger partial charge in [-0.2, -0.15) is 0 Å². The Kier molecular flexibility index (Phi) is 0.854. The summed E-state index contributed by atoms with van der Waals surface area (Å²) in [5.41, 5.74) is -1.11. The molecule has 1 heterocycles. The highest BCUT2D eigenvalue weighted by Crippen LogP contribution is 2.26. The molecule has 1 fully saturated rings. The second kappa shape index (κ2) is 1.19. The minimum absolute atomic E-state index is 0.118. The summed E-state index contributed by atoms with van der Waals surface area (Å²) in [6.07, 6.45) is -0.118. The molecule has 1 aliphatic heterocycles. The molecule has 2 heteroatoms. The van der Waals surface area contributed by atoms with E-state index in [-0.39, 0.29) is 6.10 Å². The van der Waals surface area contributed by atoms with Crippen molar-refractivity contribution in [2.45, 2.75) is 25.6 Å². The third-order valence-corrected chi connectivity index (χ3v) is 1.10. The average Bonchev–Trinajstić information content (AvgIpc) is 1.99. The fraction of sp³-hybridized carbons (Fsp3) is 1.00. The number of rotatable bonds is 1. The van der Waals surface area contributed by atoms with Crippen LogP contribution in [-0.4, -0.2) is 18.4 Å². The number of ether oxygens (including phenoxy) is 1. The number of hydrogen-bond donors (Lipinski definition) is 0. The SMILES string of the molecule is CC(C)(F)C1CO1. The maximum Gasteiger partial charge on any atom is 0.133 e. The van der Waals surface area contributed by atoms with E-state index in [1.54, 1.807) is 0 Å². The summed E-state index contributed by atoms with van der Waals surface area (Å²) in [7, 11) is 0. The first-order valence-electron chi connectivity index (χ1n) is 2.41. The van der Waals surface area contributed by atoms with Crippen LogP contribution in [0, 0.1) is 0 Å². The Hall–Kier alpha value is -0.110. The Balaban J connectivity index is 2.36. The lowest BCUT2D eigenvalue weighted by molar-refractivity contribution is 0.158. The lowest BCUT2D eigenvalue weighted by Gasteiger charge is -2.07. The Morgan fingerprint density at radius 2 is 2.14 bits per heavy atom. The predicted octanol–water partition coefficient (Wildman–Crippen LogP) is 1.13. The molecule has 1 saturated heterocycles. The number of epoxide rings is 1. The largest absolute Gasteiger partial charge is 0.370 e. The number of hydrogen-bond acceptors (Lipinski definition) is 1. The molecule has 0 N–H and O–H groups in total. The van der Waals surface area contributed by atoms with Crippen LogP contribution in [0.4, 0.5) is 4.39 Å². The molecule has 0 bridgehead atoms. The first kappa shape index (κ1) is 5.04. The van der Waals surface area contributed by atoms with Crippen LogP contribution in [0.1, 0.15) is 13.8 Å². The van der Waals surface area contributed by atoms with Crippen molar-refractivity contribution in [1.82, 2.24) is 0 Å². The highest BCUT2D eigenvalue weighted by Gasteiger charge is 2.39. The lowest BCUT2D eigenvalue weighted by Crippen LogP contribution is -2.19. The van der Waals surface area contributed by atoms with Gasteiger partial charge in [-0.3, -0.25) is 0 Å².